The van der Waals surface area contributed by atoms with Crippen molar-refractivity contribution in [3.05, 3.63) is 23.4 Å². The molecule has 0 aliphatic carbocycles. The van der Waals surface area contributed by atoms with E-state index in [1.165, 1.54) is 12.1 Å². The van der Waals surface area contributed by atoms with Gasteiger partial charge in [-0.05, 0) is 19.1 Å². The van der Waals surface area contributed by atoms with Crippen molar-refractivity contribution in [2.24, 2.45) is 0 Å². The highest BCUT2D eigenvalue weighted by Crippen LogP contribution is 2.10. The summed E-state index contributed by atoms with van der Waals surface area (Å²) in [5, 5.41) is 10.5. The van der Waals surface area contributed by atoms with E-state index in [1.807, 2.05) is 14.1 Å². The van der Waals surface area contributed by atoms with Gasteiger partial charge < -0.3 is 10.5 Å². The average Bonchev–Trinajstić information content (AvgIpc) is 2.01. The molecule has 76 valence electrons. The normalized spacial score (nSPS) is 10.3. The Morgan fingerprint density at radius 3 is 2.64 bits per heavy atom. The number of aromatic carboxylic acids is 1. The highest BCUT2D eigenvalue weighted by Gasteiger charge is 2.06. The van der Waals surface area contributed by atoms with Crippen LogP contribution in [0.3, 0.4) is 0 Å². The summed E-state index contributed by atoms with van der Waals surface area (Å²) in [6.45, 7) is 1.76. The highest BCUT2D eigenvalue weighted by atomic mass is 16.4. The lowest BCUT2D eigenvalue weighted by Crippen LogP contribution is -2.20. The summed E-state index contributed by atoms with van der Waals surface area (Å²) < 4.78 is 0. The summed E-state index contributed by atoms with van der Waals surface area (Å²) in [7, 11) is 3.62. The van der Waals surface area contributed by atoms with Crippen LogP contribution < -0.4 is 5.43 Å². The van der Waals surface area contributed by atoms with Gasteiger partial charge in [-0.25, -0.2) is 14.8 Å². The average molecular weight is 195 g/mol. The van der Waals surface area contributed by atoms with Crippen molar-refractivity contribution in [3.8, 4) is 0 Å². The van der Waals surface area contributed by atoms with E-state index in [0.717, 1.165) is 0 Å². The Balaban J connectivity index is 3.01. The fraction of sp³-hybridized carbons (Fsp3) is 0.333. The number of rotatable bonds is 3. The summed E-state index contributed by atoms with van der Waals surface area (Å²) in [6, 6.07) is 3.03. The van der Waals surface area contributed by atoms with Gasteiger partial charge in [0, 0.05) is 19.8 Å². The maximum atomic E-state index is 10.7. The highest BCUT2D eigenvalue weighted by molar-refractivity contribution is 5.88. The van der Waals surface area contributed by atoms with E-state index in [0.29, 0.717) is 11.5 Å². The van der Waals surface area contributed by atoms with E-state index in [9.17, 15) is 4.79 Å². The van der Waals surface area contributed by atoms with E-state index in [2.05, 4.69) is 10.4 Å². The van der Waals surface area contributed by atoms with Gasteiger partial charge in [0.15, 0.2) is 0 Å². The number of hydrazine groups is 1. The molecule has 2 N–H and O–H groups in total. The summed E-state index contributed by atoms with van der Waals surface area (Å²) >= 11 is 0. The molecule has 0 amide bonds. The number of anilines is 1. The van der Waals surface area contributed by atoms with Gasteiger partial charge in [0.1, 0.15) is 5.82 Å². The first kappa shape index (κ1) is 10.5. The van der Waals surface area contributed by atoms with E-state index in [4.69, 9.17) is 5.11 Å². The van der Waals surface area contributed by atoms with Gasteiger partial charge in [-0.1, -0.05) is 0 Å². The van der Waals surface area contributed by atoms with Gasteiger partial charge >= 0.3 is 5.97 Å². The lowest BCUT2D eigenvalue weighted by atomic mass is 10.2. The number of hydrogen-bond acceptors (Lipinski definition) is 4. The summed E-state index contributed by atoms with van der Waals surface area (Å²) in [6.07, 6.45) is 0. The second kappa shape index (κ2) is 4.06. The minimum Gasteiger partial charge on any atom is -0.478 e. The number of aromatic nitrogens is 1. The molecule has 0 saturated carbocycles. The zero-order chi connectivity index (χ0) is 10.7. The van der Waals surface area contributed by atoms with Crippen LogP contribution in [0.1, 0.15) is 16.1 Å². The fourth-order valence-corrected chi connectivity index (χ4v) is 1.08. The Kier molecular flexibility index (Phi) is 3.03. The van der Waals surface area contributed by atoms with Gasteiger partial charge in [0.2, 0.25) is 0 Å². The van der Waals surface area contributed by atoms with Crippen molar-refractivity contribution in [1.29, 1.82) is 0 Å². The molecule has 0 spiro atoms. The third-order valence-corrected chi connectivity index (χ3v) is 1.54. The lowest BCUT2D eigenvalue weighted by molar-refractivity contribution is 0.0696. The van der Waals surface area contributed by atoms with Crippen LogP contribution in [0.15, 0.2) is 12.1 Å². The molecule has 1 aromatic rings. The Bertz CT molecular complexity index is 350. The van der Waals surface area contributed by atoms with Crippen molar-refractivity contribution in [2.75, 3.05) is 19.5 Å². The van der Waals surface area contributed by atoms with E-state index >= 15 is 0 Å². The molecule has 0 aromatic carbocycles. The Morgan fingerprint density at radius 1 is 1.50 bits per heavy atom. The van der Waals surface area contributed by atoms with Crippen molar-refractivity contribution in [2.45, 2.75) is 6.92 Å². The number of aryl methyl sites for hydroxylation is 1. The second-order valence-corrected chi connectivity index (χ2v) is 3.19. The Labute approximate surface area is 82.3 Å². The number of nitrogens with one attached hydrogen (secondary N) is 1. The van der Waals surface area contributed by atoms with Crippen LogP contribution >= 0.6 is 0 Å². The van der Waals surface area contributed by atoms with Crippen LogP contribution in [0.5, 0.6) is 0 Å². The molecule has 1 heterocycles. The van der Waals surface area contributed by atoms with Gasteiger partial charge in [-0.3, -0.25) is 0 Å². The minimum absolute atomic E-state index is 0.238. The number of hydrogen-bond donors (Lipinski definition) is 2. The van der Waals surface area contributed by atoms with E-state index in [-0.39, 0.29) is 5.56 Å². The SMILES string of the molecule is Cc1cc(C(=O)O)cc(NN(C)C)n1. The molecule has 0 aliphatic heterocycles. The number of carboxylic acid groups (broad SMARTS) is 1. The first-order valence-corrected chi connectivity index (χ1v) is 4.15. The van der Waals surface area contributed by atoms with Gasteiger partial charge in [0.05, 0.1) is 5.56 Å². The first-order valence-electron chi connectivity index (χ1n) is 4.15. The van der Waals surface area contributed by atoms with Crippen LogP contribution in [0, 0.1) is 6.92 Å². The van der Waals surface area contributed by atoms with Crippen molar-refractivity contribution in [1.82, 2.24) is 9.99 Å². The molecular weight excluding hydrogens is 182 g/mol. The zero-order valence-corrected chi connectivity index (χ0v) is 8.40. The second-order valence-electron chi connectivity index (χ2n) is 3.19. The molecule has 0 bridgehead atoms. The summed E-state index contributed by atoms with van der Waals surface area (Å²) in [5.74, 6) is -0.412. The molecule has 14 heavy (non-hydrogen) atoms. The molecule has 1 rings (SSSR count). The van der Waals surface area contributed by atoms with Gasteiger partial charge in [-0.15, -0.1) is 0 Å². The van der Waals surface area contributed by atoms with Crippen LogP contribution in [-0.2, 0) is 0 Å². The predicted octanol–water partition coefficient (Wildman–Crippen LogP) is 0.977. The van der Waals surface area contributed by atoms with Gasteiger partial charge in [-0.2, -0.15) is 0 Å². The monoisotopic (exact) mass is 195 g/mol. The largest absolute Gasteiger partial charge is 0.478 e. The molecule has 0 unspecified atom stereocenters. The Hall–Kier alpha value is -1.62. The standard InChI is InChI=1S/C9H13N3O2/c1-6-4-7(9(13)14)5-8(10-6)11-12(2)3/h4-5H,1-3H3,(H,10,11)(H,13,14). The van der Waals surface area contributed by atoms with Crippen LogP contribution in [0.4, 0.5) is 5.82 Å². The molecule has 0 atom stereocenters. The van der Waals surface area contributed by atoms with Crippen LogP contribution in [0.25, 0.3) is 0 Å². The molecule has 0 saturated heterocycles. The number of pyridine rings is 1. The molecule has 5 nitrogen and oxygen atoms in total. The smallest absolute Gasteiger partial charge is 0.335 e. The number of carbonyl (C=O) groups is 1. The summed E-state index contributed by atoms with van der Waals surface area (Å²) in [5.41, 5.74) is 3.81. The maximum Gasteiger partial charge on any atom is 0.335 e. The van der Waals surface area contributed by atoms with Crippen molar-refractivity contribution in [3.63, 3.8) is 0 Å². The van der Waals surface area contributed by atoms with E-state index < -0.39 is 5.97 Å². The lowest BCUT2D eigenvalue weighted by Gasteiger charge is -2.13. The predicted molar refractivity (Wildman–Crippen MR) is 53.2 cm³/mol. The van der Waals surface area contributed by atoms with E-state index in [1.54, 1.807) is 11.9 Å². The molecule has 1 aromatic heterocycles. The molecule has 0 fully saturated rings. The number of carboxylic acids is 1. The Morgan fingerprint density at radius 2 is 2.14 bits per heavy atom. The fourth-order valence-electron chi connectivity index (χ4n) is 1.08. The molecule has 0 radical (unpaired) electrons. The van der Waals surface area contributed by atoms with Crippen LogP contribution in [-0.4, -0.2) is 35.2 Å². The third-order valence-electron chi connectivity index (χ3n) is 1.54. The maximum absolute atomic E-state index is 10.7. The van der Waals surface area contributed by atoms with Crippen molar-refractivity contribution < 1.29 is 9.90 Å². The molecule has 0 aliphatic rings. The molecular formula is C9H13N3O2. The minimum atomic E-state index is -0.947. The van der Waals surface area contributed by atoms with Crippen molar-refractivity contribution >= 4 is 11.8 Å². The molecule has 5 heteroatoms. The third kappa shape index (κ3) is 2.70. The zero-order valence-electron chi connectivity index (χ0n) is 8.40. The first-order chi connectivity index (χ1) is 6.49. The van der Waals surface area contributed by atoms with Gasteiger partial charge in [0.25, 0.3) is 0 Å². The summed E-state index contributed by atoms with van der Waals surface area (Å²) in [4.78, 5) is 14.9. The quantitative estimate of drug-likeness (QED) is 0.704. The topological polar surface area (TPSA) is 65.5 Å². The number of nitrogens with zero attached hydrogens (tertiary/aromatic N) is 2. The van der Waals surface area contributed by atoms with Crippen LogP contribution in [0.2, 0.25) is 0 Å².